The number of nitrogens with zero attached hydrogens (tertiary/aromatic N) is 4. The van der Waals surface area contributed by atoms with Crippen LogP contribution >= 0.6 is 0 Å². The van der Waals surface area contributed by atoms with Crippen LogP contribution in [0.5, 0.6) is 0 Å². The molecule has 0 fully saturated rings. The van der Waals surface area contributed by atoms with Crippen molar-refractivity contribution in [2.24, 2.45) is 0 Å². The zero-order valence-corrected chi connectivity index (χ0v) is 12.5. The van der Waals surface area contributed by atoms with E-state index >= 15 is 0 Å². The molecule has 4 rings (SSSR count). The zero-order valence-electron chi connectivity index (χ0n) is 12.5. The molecule has 0 atom stereocenters. The van der Waals surface area contributed by atoms with E-state index in [0.717, 1.165) is 5.56 Å². The molecule has 2 aromatic heterocycles. The van der Waals surface area contributed by atoms with Crippen LogP contribution in [0.15, 0.2) is 59.4 Å². The van der Waals surface area contributed by atoms with Crippen LogP contribution < -0.4 is 5.56 Å². The first kappa shape index (κ1) is 14.1. The van der Waals surface area contributed by atoms with Gasteiger partial charge in [-0.25, -0.2) is 9.31 Å². The Bertz CT molecular complexity index is 1130. The maximum Gasteiger partial charge on any atom is 0.375 e. The number of carbonyl (C=O) groups is 1. The van der Waals surface area contributed by atoms with E-state index in [4.69, 9.17) is 5.11 Å². The van der Waals surface area contributed by atoms with E-state index in [9.17, 15) is 9.59 Å². The summed E-state index contributed by atoms with van der Waals surface area (Å²) in [6, 6.07) is 16.8. The molecule has 0 amide bonds. The van der Waals surface area contributed by atoms with E-state index in [1.807, 2.05) is 36.4 Å². The molecule has 0 bridgehead atoms. The predicted molar refractivity (Wildman–Crippen MR) is 87.3 cm³/mol. The average Bonchev–Trinajstić information content (AvgIpc) is 3.06. The Kier molecular flexibility index (Phi) is 3.13. The van der Waals surface area contributed by atoms with Crippen LogP contribution in [-0.4, -0.2) is 30.2 Å². The van der Waals surface area contributed by atoms with E-state index in [1.165, 1.54) is 4.52 Å². The lowest BCUT2D eigenvalue weighted by atomic mass is 10.2. The highest BCUT2D eigenvalue weighted by Crippen LogP contribution is 2.15. The largest absolute Gasteiger partial charge is 0.475 e. The number of aromatic carboxylic acids is 1. The van der Waals surface area contributed by atoms with Crippen LogP contribution in [0, 0.1) is 0 Å². The van der Waals surface area contributed by atoms with E-state index in [2.05, 4.69) is 10.1 Å². The predicted octanol–water partition coefficient (Wildman–Crippen LogP) is 1.79. The number of hydrogen-bond donors (Lipinski definition) is 1. The SMILES string of the molecule is O=C(O)c1nc2c(=O)n(Cc3ccccc3)c3ccccc3n2n1. The lowest BCUT2D eigenvalue weighted by Gasteiger charge is -2.11. The molecule has 0 aliphatic carbocycles. The van der Waals surface area contributed by atoms with Gasteiger partial charge in [-0.2, -0.15) is 4.98 Å². The highest BCUT2D eigenvalue weighted by Gasteiger charge is 2.18. The first-order valence-corrected chi connectivity index (χ1v) is 7.30. The first-order valence-electron chi connectivity index (χ1n) is 7.30. The fraction of sp³-hybridized carbons (Fsp3) is 0.0588. The zero-order chi connectivity index (χ0) is 16.7. The van der Waals surface area contributed by atoms with Crippen LogP contribution in [0.3, 0.4) is 0 Å². The summed E-state index contributed by atoms with van der Waals surface area (Å²) < 4.78 is 2.88. The van der Waals surface area contributed by atoms with Gasteiger partial charge in [0.25, 0.3) is 11.4 Å². The van der Waals surface area contributed by atoms with Crippen LogP contribution in [0.2, 0.25) is 0 Å². The van der Waals surface area contributed by atoms with E-state index in [-0.39, 0.29) is 11.2 Å². The molecule has 4 aromatic rings. The van der Waals surface area contributed by atoms with Crippen LogP contribution in [0.1, 0.15) is 16.2 Å². The summed E-state index contributed by atoms with van der Waals surface area (Å²) in [5.41, 5.74) is 1.88. The number of benzene rings is 2. The minimum Gasteiger partial charge on any atom is -0.475 e. The van der Waals surface area contributed by atoms with Gasteiger partial charge in [0, 0.05) is 0 Å². The van der Waals surface area contributed by atoms with Crippen molar-refractivity contribution in [3.05, 3.63) is 76.3 Å². The van der Waals surface area contributed by atoms with Gasteiger partial charge in [-0.15, -0.1) is 5.10 Å². The molecule has 118 valence electrons. The van der Waals surface area contributed by atoms with Crippen molar-refractivity contribution >= 4 is 22.6 Å². The molecule has 0 spiro atoms. The van der Waals surface area contributed by atoms with Gasteiger partial charge in [-0.3, -0.25) is 9.36 Å². The topological polar surface area (TPSA) is 89.5 Å². The van der Waals surface area contributed by atoms with Gasteiger partial charge >= 0.3 is 5.97 Å². The fourth-order valence-corrected chi connectivity index (χ4v) is 2.73. The third kappa shape index (κ3) is 2.14. The molecule has 0 saturated heterocycles. The molecule has 2 aromatic carbocycles. The van der Waals surface area contributed by atoms with Crippen LogP contribution in [0.25, 0.3) is 16.7 Å². The molecule has 0 saturated carbocycles. The van der Waals surface area contributed by atoms with Gasteiger partial charge in [0.2, 0.25) is 5.65 Å². The third-order valence-corrected chi connectivity index (χ3v) is 3.82. The monoisotopic (exact) mass is 320 g/mol. The number of carboxylic acids is 1. The number of aromatic nitrogens is 4. The standard InChI is InChI=1S/C17H12N4O3/c22-16-15-18-14(17(23)24)19-21(15)13-9-5-4-8-12(13)20(16)10-11-6-2-1-3-7-11/h1-9H,10H2,(H,23,24). The molecular weight excluding hydrogens is 308 g/mol. The Hall–Kier alpha value is -3.48. The Labute approximate surface area is 135 Å². The second-order valence-corrected chi connectivity index (χ2v) is 5.34. The second kappa shape index (κ2) is 5.31. The summed E-state index contributed by atoms with van der Waals surface area (Å²) in [6.07, 6.45) is 0. The molecule has 0 aliphatic heterocycles. The van der Waals surface area contributed by atoms with Crippen LogP contribution in [-0.2, 0) is 6.54 Å². The third-order valence-electron chi connectivity index (χ3n) is 3.82. The molecule has 2 heterocycles. The summed E-state index contributed by atoms with van der Waals surface area (Å²) >= 11 is 0. The van der Waals surface area contributed by atoms with Crippen molar-refractivity contribution < 1.29 is 9.90 Å². The smallest absolute Gasteiger partial charge is 0.375 e. The number of rotatable bonds is 3. The molecule has 7 heteroatoms. The van der Waals surface area contributed by atoms with Gasteiger partial charge in [-0.1, -0.05) is 42.5 Å². The Morgan fingerprint density at radius 1 is 1.00 bits per heavy atom. The Balaban J connectivity index is 2.06. The van der Waals surface area contributed by atoms with Gasteiger partial charge in [0.15, 0.2) is 0 Å². The van der Waals surface area contributed by atoms with Gasteiger partial charge in [0.05, 0.1) is 17.6 Å². The molecule has 7 nitrogen and oxygen atoms in total. The minimum absolute atomic E-state index is 0.00188. The number of carboxylic acid groups (broad SMARTS) is 1. The Morgan fingerprint density at radius 2 is 1.67 bits per heavy atom. The van der Waals surface area contributed by atoms with Crippen molar-refractivity contribution in [1.29, 1.82) is 0 Å². The fourth-order valence-electron chi connectivity index (χ4n) is 2.73. The highest BCUT2D eigenvalue weighted by atomic mass is 16.4. The number of fused-ring (bicyclic) bond motifs is 3. The minimum atomic E-state index is -1.27. The second-order valence-electron chi connectivity index (χ2n) is 5.34. The van der Waals surface area contributed by atoms with Crippen molar-refractivity contribution in [3.8, 4) is 0 Å². The first-order chi connectivity index (χ1) is 11.6. The maximum atomic E-state index is 12.8. The average molecular weight is 320 g/mol. The number of para-hydroxylation sites is 2. The van der Waals surface area contributed by atoms with Crippen LogP contribution in [0.4, 0.5) is 0 Å². The van der Waals surface area contributed by atoms with E-state index < -0.39 is 11.8 Å². The lowest BCUT2D eigenvalue weighted by molar-refractivity contribution is 0.0684. The Morgan fingerprint density at radius 3 is 2.38 bits per heavy atom. The molecular formula is C17H12N4O3. The quantitative estimate of drug-likeness (QED) is 0.621. The molecule has 0 unspecified atom stereocenters. The van der Waals surface area contributed by atoms with E-state index in [1.54, 1.807) is 22.8 Å². The summed E-state index contributed by atoms with van der Waals surface area (Å²) in [7, 11) is 0. The highest BCUT2D eigenvalue weighted by molar-refractivity contribution is 5.85. The molecule has 1 N–H and O–H groups in total. The molecule has 0 radical (unpaired) electrons. The van der Waals surface area contributed by atoms with E-state index in [0.29, 0.717) is 17.6 Å². The normalized spacial score (nSPS) is 11.2. The van der Waals surface area contributed by atoms with Crippen molar-refractivity contribution in [1.82, 2.24) is 19.2 Å². The van der Waals surface area contributed by atoms with Gasteiger partial charge in [0.1, 0.15) is 0 Å². The van der Waals surface area contributed by atoms with Gasteiger partial charge in [-0.05, 0) is 17.7 Å². The summed E-state index contributed by atoms with van der Waals surface area (Å²) in [5.74, 6) is -1.66. The van der Waals surface area contributed by atoms with Crippen molar-refractivity contribution in [3.63, 3.8) is 0 Å². The lowest BCUT2D eigenvalue weighted by Crippen LogP contribution is -2.24. The van der Waals surface area contributed by atoms with Crippen molar-refractivity contribution in [2.75, 3.05) is 0 Å². The number of hydrogen-bond acceptors (Lipinski definition) is 4. The molecule has 24 heavy (non-hydrogen) atoms. The van der Waals surface area contributed by atoms with Gasteiger partial charge < -0.3 is 5.11 Å². The maximum absolute atomic E-state index is 12.8. The van der Waals surface area contributed by atoms with Crippen molar-refractivity contribution in [2.45, 2.75) is 6.54 Å². The molecule has 0 aliphatic rings. The summed E-state index contributed by atoms with van der Waals surface area (Å²) in [6.45, 7) is 0.367. The summed E-state index contributed by atoms with van der Waals surface area (Å²) in [4.78, 5) is 27.9. The summed E-state index contributed by atoms with van der Waals surface area (Å²) in [5, 5.41) is 13.0.